The van der Waals surface area contributed by atoms with Gasteiger partial charge in [-0.05, 0) is 49.3 Å². The topological polar surface area (TPSA) is 47.9 Å². The van der Waals surface area contributed by atoms with Crippen LogP contribution in [0.3, 0.4) is 0 Å². The number of ether oxygens (including phenoxy) is 3. The van der Waals surface area contributed by atoms with Crippen molar-refractivity contribution in [2.75, 3.05) is 26.4 Å². The fourth-order valence-corrected chi connectivity index (χ4v) is 3.60. The van der Waals surface area contributed by atoms with Gasteiger partial charge in [0.2, 0.25) is 0 Å². The van der Waals surface area contributed by atoms with Crippen LogP contribution in [0.2, 0.25) is 0 Å². The minimum absolute atomic E-state index is 0.211. The first kappa shape index (κ1) is 17.7. The van der Waals surface area contributed by atoms with Crippen molar-refractivity contribution < 1.29 is 19.3 Å². The lowest BCUT2D eigenvalue weighted by molar-refractivity contribution is -0.0659. The molecule has 4 nitrogen and oxygen atoms in total. The third-order valence-corrected chi connectivity index (χ3v) is 5.09. The molecule has 24 heavy (non-hydrogen) atoms. The monoisotopic (exact) mass is 334 g/mol. The van der Waals surface area contributed by atoms with Gasteiger partial charge >= 0.3 is 0 Å². The van der Waals surface area contributed by atoms with Crippen molar-refractivity contribution in [2.24, 2.45) is 0 Å². The molecule has 1 aromatic rings. The van der Waals surface area contributed by atoms with Crippen LogP contribution in [-0.2, 0) is 9.47 Å². The van der Waals surface area contributed by atoms with Crippen LogP contribution in [0.4, 0.5) is 0 Å². The van der Waals surface area contributed by atoms with E-state index in [0.29, 0.717) is 12.5 Å². The fraction of sp³-hybridized carbons (Fsp3) is 0.700. The lowest BCUT2D eigenvalue weighted by Crippen LogP contribution is -2.30. The Hall–Kier alpha value is -1.10. The van der Waals surface area contributed by atoms with E-state index in [1.807, 2.05) is 12.1 Å². The first-order valence-electron chi connectivity index (χ1n) is 9.41. The van der Waals surface area contributed by atoms with E-state index in [1.54, 1.807) is 0 Å². The van der Waals surface area contributed by atoms with Gasteiger partial charge in [-0.2, -0.15) is 0 Å². The number of benzene rings is 1. The van der Waals surface area contributed by atoms with Gasteiger partial charge < -0.3 is 19.3 Å². The van der Waals surface area contributed by atoms with Crippen molar-refractivity contribution in [3.63, 3.8) is 0 Å². The fourth-order valence-electron chi connectivity index (χ4n) is 3.60. The molecule has 134 valence electrons. The Morgan fingerprint density at radius 1 is 0.958 bits per heavy atom. The second-order valence-electron chi connectivity index (χ2n) is 7.01. The molecule has 0 amide bonds. The summed E-state index contributed by atoms with van der Waals surface area (Å²) in [5, 5.41) is 10.0. The Balaban J connectivity index is 1.37. The van der Waals surface area contributed by atoms with Gasteiger partial charge in [0.05, 0.1) is 12.7 Å². The second kappa shape index (κ2) is 9.40. The lowest BCUT2D eigenvalue weighted by atomic mass is 9.84. The van der Waals surface area contributed by atoms with Gasteiger partial charge in [0.15, 0.2) is 0 Å². The van der Waals surface area contributed by atoms with Crippen LogP contribution in [0.1, 0.15) is 56.4 Å². The van der Waals surface area contributed by atoms with Crippen LogP contribution in [0.25, 0.3) is 0 Å². The average molecular weight is 334 g/mol. The van der Waals surface area contributed by atoms with Crippen LogP contribution < -0.4 is 4.74 Å². The standard InChI is InChI=1S/C20H30O4/c21-18(15-24-20-10-12-22-13-11-20)14-23-19-8-6-17(7-9-19)16-4-2-1-3-5-16/h6-9,16,18,20-21H,1-5,10-15H2. The minimum Gasteiger partial charge on any atom is -0.491 e. The normalized spacial score (nSPS) is 21.5. The van der Waals surface area contributed by atoms with Gasteiger partial charge in [-0.1, -0.05) is 31.4 Å². The zero-order valence-electron chi connectivity index (χ0n) is 14.5. The molecule has 3 rings (SSSR count). The van der Waals surface area contributed by atoms with Crippen molar-refractivity contribution in [2.45, 2.75) is 63.1 Å². The van der Waals surface area contributed by atoms with E-state index in [9.17, 15) is 5.11 Å². The Morgan fingerprint density at radius 2 is 1.67 bits per heavy atom. The van der Waals surface area contributed by atoms with E-state index in [-0.39, 0.29) is 12.7 Å². The molecular formula is C20H30O4. The molecule has 1 N–H and O–H groups in total. The first-order chi connectivity index (χ1) is 11.8. The summed E-state index contributed by atoms with van der Waals surface area (Å²) >= 11 is 0. The molecule has 0 bridgehead atoms. The van der Waals surface area contributed by atoms with Gasteiger partial charge in [-0.15, -0.1) is 0 Å². The molecular weight excluding hydrogens is 304 g/mol. The Morgan fingerprint density at radius 3 is 2.38 bits per heavy atom. The Bertz CT molecular complexity index is 461. The molecule has 2 aliphatic rings. The number of aliphatic hydroxyl groups excluding tert-OH is 1. The van der Waals surface area contributed by atoms with Crippen LogP contribution in [0.5, 0.6) is 5.75 Å². The highest BCUT2D eigenvalue weighted by Gasteiger charge is 2.17. The quantitative estimate of drug-likeness (QED) is 0.826. The molecule has 0 radical (unpaired) electrons. The van der Waals surface area contributed by atoms with Gasteiger partial charge in [0.25, 0.3) is 0 Å². The largest absolute Gasteiger partial charge is 0.491 e. The molecule has 4 heteroatoms. The van der Waals surface area contributed by atoms with Crippen LogP contribution in [-0.4, -0.2) is 43.7 Å². The van der Waals surface area contributed by atoms with Gasteiger partial charge in [-0.3, -0.25) is 0 Å². The van der Waals surface area contributed by atoms with Crippen LogP contribution >= 0.6 is 0 Å². The van der Waals surface area contributed by atoms with Gasteiger partial charge in [0, 0.05) is 13.2 Å². The molecule has 2 fully saturated rings. The van der Waals surface area contributed by atoms with E-state index in [4.69, 9.17) is 14.2 Å². The van der Waals surface area contributed by atoms with E-state index >= 15 is 0 Å². The predicted octanol–water partition coefficient (Wildman–Crippen LogP) is 3.67. The minimum atomic E-state index is -0.592. The maximum absolute atomic E-state index is 10.0. The highest BCUT2D eigenvalue weighted by Crippen LogP contribution is 2.33. The summed E-state index contributed by atoms with van der Waals surface area (Å²) < 4.78 is 16.7. The highest BCUT2D eigenvalue weighted by molar-refractivity contribution is 5.29. The summed E-state index contributed by atoms with van der Waals surface area (Å²) in [6.45, 7) is 2.10. The van der Waals surface area contributed by atoms with Crippen molar-refractivity contribution in [1.29, 1.82) is 0 Å². The zero-order valence-corrected chi connectivity index (χ0v) is 14.5. The van der Waals surface area contributed by atoms with Crippen LogP contribution in [0, 0.1) is 0 Å². The average Bonchev–Trinajstić information content (AvgIpc) is 2.67. The lowest BCUT2D eigenvalue weighted by Gasteiger charge is -2.24. The molecule has 1 atom stereocenters. The maximum Gasteiger partial charge on any atom is 0.119 e. The third-order valence-electron chi connectivity index (χ3n) is 5.09. The summed E-state index contributed by atoms with van der Waals surface area (Å²) in [5.74, 6) is 1.53. The predicted molar refractivity (Wildman–Crippen MR) is 93.6 cm³/mol. The molecule has 1 aliphatic heterocycles. The van der Waals surface area contributed by atoms with Crippen molar-refractivity contribution in [3.05, 3.63) is 29.8 Å². The number of hydrogen-bond acceptors (Lipinski definition) is 4. The van der Waals surface area contributed by atoms with Crippen LogP contribution in [0.15, 0.2) is 24.3 Å². The van der Waals surface area contributed by atoms with E-state index < -0.39 is 6.10 Å². The number of aliphatic hydroxyl groups is 1. The molecule has 1 saturated carbocycles. The Labute approximate surface area is 145 Å². The molecule has 1 aliphatic carbocycles. The zero-order chi connectivity index (χ0) is 16.6. The summed E-state index contributed by atoms with van der Waals surface area (Å²) in [7, 11) is 0. The molecule has 1 aromatic carbocycles. The summed E-state index contributed by atoms with van der Waals surface area (Å²) in [6.07, 6.45) is 8.14. The van der Waals surface area contributed by atoms with E-state index in [1.165, 1.54) is 37.7 Å². The summed E-state index contributed by atoms with van der Waals surface area (Å²) in [5.41, 5.74) is 1.42. The summed E-state index contributed by atoms with van der Waals surface area (Å²) in [6, 6.07) is 8.40. The number of hydrogen-bond donors (Lipinski definition) is 1. The molecule has 1 saturated heterocycles. The van der Waals surface area contributed by atoms with Crippen molar-refractivity contribution in [1.82, 2.24) is 0 Å². The SMILES string of the molecule is OC(COc1ccc(C2CCCCC2)cc1)COC1CCOCC1. The molecule has 0 aromatic heterocycles. The van der Waals surface area contributed by atoms with E-state index in [0.717, 1.165) is 31.8 Å². The summed E-state index contributed by atoms with van der Waals surface area (Å²) in [4.78, 5) is 0. The van der Waals surface area contributed by atoms with Crippen molar-refractivity contribution in [3.8, 4) is 5.75 Å². The highest BCUT2D eigenvalue weighted by atomic mass is 16.5. The van der Waals surface area contributed by atoms with Gasteiger partial charge in [0.1, 0.15) is 18.5 Å². The van der Waals surface area contributed by atoms with E-state index in [2.05, 4.69) is 12.1 Å². The van der Waals surface area contributed by atoms with Gasteiger partial charge in [-0.25, -0.2) is 0 Å². The third kappa shape index (κ3) is 5.47. The molecule has 1 heterocycles. The smallest absolute Gasteiger partial charge is 0.119 e. The molecule has 0 spiro atoms. The maximum atomic E-state index is 10.0. The molecule has 1 unspecified atom stereocenters. The van der Waals surface area contributed by atoms with Crippen molar-refractivity contribution >= 4 is 0 Å². The second-order valence-corrected chi connectivity index (χ2v) is 7.01. The first-order valence-corrected chi connectivity index (χ1v) is 9.41. The Kier molecular flexibility index (Phi) is 6.94. The number of rotatable bonds is 7.